The first-order chi connectivity index (χ1) is 9.63. The van der Waals surface area contributed by atoms with Gasteiger partial charge in [-0.2, -0.15) is 0 Å². The Hall–Kier alpha value is -2.64. The van der Waals surface area contributed by atoms with Crippen molar-refractivity contribution in [2.75, 3.05) is 23.8 Å². The molecule has 0 amide bonds. The van der Waals surface area contributed by atoms with Crippen LogP contribution >= 0.6 is 0 Å². The van der Waals surface area contributed by atoms with Crippen LogP contribution in [0.2, 0.25) is 0 Å². The van der Waals surface area contributed by atoms with Gasteiger partial charge in [-0.25, -0.2) is 9.97 Å². The van der Waals surface area contributed by atoms with Crippen molar-refractivity contribution < 1.29 is 9.34 Å². The highest BCUT2D eigenvalue weighted by molar-refractivity contribution is 5.69. The fraction of sp³-hybridized carbons (Fsp3) is 0.333. The van der Waals surface area contributed by atoms with Gasteiger partial charge in [0.2, 0.25) is 11.6 Å². The Bertz CT molecular complexity index is 585. The van der Waals surface area contributed by atoms with Crippen LogP contribution in [0.4, 0.5) is 17.3 Å². The summed E-state index contributed by atoms with van der Waals surface area (Å²) in [7, 11) is 1.72. The molecule has 0 aliphatic carbocycles. The predicted molar refractivity (Wildman–Crippen MR) is 73.7 cm³/mol. The van der Waals surface area contributed by atoms with Gasteiger partial charge in [0.15, 0.2) is 0 Å². The van der Waals surface area contributed by atoms with E-state index in [0.29, 0.717) is 18.8 Å². The van der Waals surface area contributed by atoms with Crippen molar-refractivity contribution in [2.24, 2.45) is 0 Å². The minimum atomic E-state index is -0.480. The molecule has 106 valence electrons. The lowest BCUT2D eigenvalue weighted by Crippen LogP contribution is -2.20. The van der Waals surface area contributed by atoms with Crippen LogP contribution < -0.4 is 10.2 Å². The summed E-state index contributed by atoms with van der Waals surface area (Å²) in [6, 6.07) is 3.57. The first kappa shape index (κ1) is 13.8. The van der Waals surface area contributed by atoms with E-state index in [9.17, 15) is 10.1 Å². The van der Waals surface area contributed by atoms with Crippen LogP contribution in [0.15, 0.2) is 29.1 Å². The van der Waals surface area contributed by atoms with Crippen LogP contribution in [0.3, 0.4) is 0 Å². The highest BCUT2D eigenvalue weighted by Crippen LogP contribution is 2.31. The molecule has 8 heteroatoms. The molecule has 1 N–H and O–H groups in total. The Morgan fingerprint density at radius 3 is 2.90 bits per heavy atom. The van der Waals surface area contributed by atoms with E-state index in [2.05, 4.69) is 15.3 Å². The van der Waals surface area contributed by atoms with Crippen molar-refractivity contribution in [3.63, 3.8) is 0 Å². The van der Waals surface area contributed by atoms with Gasteiger partial charge >= 0.3 is 5.69 Å². The Morgan fingerprint density at radius 1 is 1.50 bits per heavy atom. The maximum Gasteiger partial charge on any atom is 0.353 e. The molecule has 20 heavy (non-hydrogen) atoms. The monoisotopic (exact) mass is 277 g/mol. The van der Waals surface area contributed by atoms with Gasteiger partial charge in [-0.3, -0.25) is 10.1 Å². The third-order valence-electron chi connectivity index (χ3n) is 2.66. The van der Waals surface area contributed by atoms with Crippen molar-refractivity contribution in [1.29, 1.82) is 0 Å². The molecule has 0 atom stereocenters. The molecular formula is C12H15N5O3. The molecular weight excluding hydrogens is 262 g/mol. The SMILES string of the molecule is CCNc1ncnc(N(C)Cc2ccco2)c1[N+](=O)[O-]. The number of hydrogen-bond donors (Lipinski definition) is 1. The van der Waals surface area contributed by atoms with Gasteiger partial charge < -0.3 is 14.6 Å². The molecule has 0 saturated heterocycles. The quantitative estimate of drug-likeness (QED) is 0.637. The summed E-state index contributed by atoms with van der Waals surface area (Å²) in [6.07, 6.45) is 2.86. The molecule has 8 nitrogen and oxygen atoms in total. The molecule has 2 aromatic rings. The van der Waals surface area contributed by atoms with E-state index >= 15 is 0 Å². The number of nitrogens with one attached hydrogen (secondary N) is 1. The lowest BCUT2D eigenvalue weighted by molar-refractivity contribution is -0.383. The van der Waals surface area contributed by atoms with Gasteiger partial charge in [-0.05, 0) is 19.1 Å². The summed E-state index contributed by atoms with van der Waals surface area (Å²) < 4.78 is 5.23. The number of nitro groups is 1. The molecule has 0 aromatic carbocycles. The van der Waals surface area contributed by atoms with Crippen LogP contribution in [-0.4, -0.2) is 28.5 Å². The Balaban J connectivity index is 2.34. The Kier molecular flexibility index (Phi) is 4.14. The molecule has 0 aliphatic rings. The highest BCUT2D eigenvalue weighted by atomic mass is 16.6. The molecule has 2 heterocycles. The maximum atomic E-state index is 11.3. The third kappa shape index (κ3) is 2.85. The number of hydrogen-bond acceptors (Lipinski definition) is 7. The molecule has 0 fully saturated rings. The molecule has 0 radical (unpaired) electrons. The van der Waals surface area contributed by atoms with E-state index in [1.165, 1.54) is 6.33 Å². The predicted octanol–water partition coefficient (Wildman–Crippen LogP) is 2.05. The fourth-order valence-corrected chi connectivity index (χ4v) is 1.82. The van der Waals surface area contributed by atoms with E-state index in [0.717, 1.165) is 0 Å². The van der Waals surface area contributed by atoms with E-state index in [1.807, 2.05) is 6.92 Å². The van der Waals surface area contributed by atoms with Crippen LogP contribution in [-0.2, 0) is 6.54 Å². The van der Waals surface area contributed by atoms with Crippen molar-refractivity contribution in [3.05, 3.63) is 40.6 Å². The second-order valence-electron chi connectivity index (χ2n) is 4.12. The van der Waals surface area contributed by atoms with Crippen LogP contribution in [0.5, 0.6) is 0 Å². The average molecular weight is 277 g/mol. The summed E-state index contributed by atoms with van der Waals surface area (Å²) in [5.74, 6) is 1.16. The minimum absolute atomic E-state index is 0.136. The summed E-state index contributed by atoms with van der Waals surface area (Å²) in [5, 5.41) is 14.1. The zero-order chi connectivity index (χ0) is 14.5. The fourth-order valence-electron chi connectivity index (χ4n) is 1.82. The van der Waals surface area contributed by atoms with Crippen molar-refractivity contribution in [2.45, 2.75) is 13.5 Å². The molecule has 0 aliphatic heterocycles. The van der Waals surface area contributed by atoms with Gasteiger partial charge in [-0.1, -0.05) is 0 Å². The van der Waals surface area contributed by atoms with Gasteiger partial charge in [-0.15, -0.1) is 0 Å². The number of nitrogens with zero attached hydrogens (tertiary/aromatic N) is 4. The summed E-state index contributed by atoms with van der Waals surface area (Å²) in [6.45, 7) is 2.77. The maximum absolute atomic E-state index is 11.3. The number of aromatic nitrogens is 2. The van der Waals surface area contributed by atoms with Gasteiger partial charge in [0.25, 0.3) is 0 Å². The summed E-state index contributed by atoms with van der Waals surface area (Å²) >= 11 is 0. The number of furan rings is 1. The standard InChI is InChI=1S/C12H15N5O3/c1-3-13-11-10(17(18)19)12(15-8-14-11)16(2)7-9-5-4-6-20-9/h4-6,8H,3,7H2,1-2H3,(H,13,14,15). The number of anilines is 2. The lowest BCUT2D eigenvalue weighted by Gasteiger charge is -2.17. The largest absolute Gasteiger partial charge is 0.467 e. The zero-order valence-corrected chi connectivity index (χ0v) is 11.2. The topological polar surface area (TPSA) is 97.3 Å². The molecule has 0 saturated carbocycles. The molecule has 2 aromatic heterocycles. The van der Waals surface area contributed by atoms with E-state index < -0.39 is 4.92 Å². The second kappa shape index (κ2) is 6.00. The average Bonchev–Trinajstić information content (AvgIpc) is 2.91. The Labute approximate surface area is 115 Å². The normalized spacial score (nSPS) is 10.3. The Morgan fingerprint density at radius 2 is 2.30 bits per heavy atom. The van der Waals surface area contributed by atoms with Crippen LogP contribution in [0.25, 0.3) is 0 Å². The number of rotatable bonds is 6. The minimum Gasteiger partial charge on any atom is -0.467 e. The highest BCUT2D eigenvalue weighted by Gasteiger charge is 2.25. The van der Waals surface area contributed by atoms with Gasteiger partial charge in [0, 0.05) is 13.6 Å². The van der Waals surface area contributed by atoms with Crippen molar-refractivity contribution >= 4 is 17.3 Å². The van der Waals surface area contributed by atoms with E-state index in [-0.39, 0.29) is 17.3 Å². The first-order valence-corrected chi connectivity index (χ1v) is 6.10. The van der Waals surface area contributed by atoms with Crippen molar-refractivity contribution in [3.8, 4) is 0 Å². The second-order valence-corrected chi connectivity index (χ2v) is 4.12. The van der Waals surface area contributed by atoms with Gasteiger partial charge in [0.1, 0.15) is 12.1 Å². The van der Waals surface area contributed by atoms with E-state index in [4.69, 9.17) is 4.42 Å². The smallest absolute Gasteiger partial charge is 0.353 e. The zero-order valence-electron chi connectivity index (χ0n) is 11.2. The first-order valence-electron chi connectivity index (χ1n) is 6.10. The molecule has 2 rings (SSSR count). The summed E-state index contributed by atoms with van der Waals surface area (Å²) in [5.41, 5.74) is -0.136. The van der Waals surface area contributed by atoms with E-state index in [1.54, 1.807) is 30.3 Å². The lowest BCUT2D eigenvalue weighted by atomic mass is 10.3. The van der Waals surface area contributed by atoms with Crippen LogP contribution in [0.1, 0.15) is 12.7 Å². The van der Waals surface area contributed by atoms with Gasteiger partial charge in [0.05, 0.1) is 17.7 Å². The third-order valence-corrected chi connectivity index (χ3v) is 2.66. The molecule has 0 unspecified atom stereocenters. The van der Waals surface area contributed by atoms with Crippen molar-refractivity contribution in [1.82, 2.24) is 9.97 Å². The summed E-state index contributed by atoms with van der Waals surface area (Å²) in [4.78, 5) is 20.4. The van der Waals surface area contributed by atoms with Crippen LogP contribution in [0, 0.1) is 10.1 Å². The molecule has 0 spiro atoms. The molecule has 0 bridgehead atoms.